The van der Waals surface area contributed by atoms with Crippen molar-refractivity contribution in [2.75, 3.05) is 18.2 Å². The van der Waals surface area contributed by atoms with Gasteiger partial charge in [-0.05, 0) is 35.7 Å². The highest BCUT2D eigenvalue weighted by molar-refractivity contribution is 5.99. The maximum absolute atomic E-state index is 11.8. The van der Waals surface area contributed by atoms with E-state index in [4.69, 9.17) is 10.5 Å². The third kappa shape index (κ3) is 3.34. The van der Waals surface area contributed by atoms with Crippen LogP contribution in [0.25, 0.3) is 0 Å². The summed E-state index contributed by atoms with van der Waals surface area (Å²) < 4.78 is 4.79. The van der Waals surface area contributed by atoms with E-state index in [1.807, 2.05) is 12.1 Å². The van der Waals surface area contributed by atoms with Gasteiger partial charge in [-0.25, -0.2) is 4.79 Å². The fourth-order valence-electron chi connectivity index (χ4n) is 2.09. The Morgan fingerprint density at radius 2 is 1.81 bits per heavy atom. The fraction of sp³-hybridized carbons (Fsp3) is 0.235. The van der Waals surface area contributed by atoms with Crippen molar-refractivity contribution in [3.8, 4) is 0 Å². The van der Waals surface area contributed by atoms with Crippen molar-refractivity contribution in [3.63, 3.8) is 0 Å². The Kier molecular flexibility index (Phi) is 4.48. The zero-order valence-electron chi connectivity index (χ0n) is 12.5. The lowest BCUT2D eigenvalue weighted by Crippen LogP contribution is -2.08. The topological polar surface area (TPSA) is 64.3 Å². The molecule has 3 N–H and O–H groups in total. The molecule has 0 aliphatic rings. The van der Waals surface area contributed by atoms with E-state index in [1.165, 1.54) is 12.7 Å². The summed E-state index contributed by atoms with van der Waals surface area (Å²) in [5, 5.41) is 3.20. The number of anilines is 3. The van der Waals surface area contributed by atoms with Gasteiger partial charge in [0.15, 0.2) is 0 Å². The minimum absolute atomic E-state index is 0.413. The second kappa shape index (κ2) is 6.31. The molecule has 0 fully saturated rings. The molecule has 2 aromatic carbocycles. The minimum atomic E-state index is -0.413. The van der Waals surface area contributed by atoms with E-state index in [-0.39, 0.29) is 0 Å². The van der Waals surface area contributed by atoms with Crippen LogP contribution < -0.4 is 11.1 Å². The van der Waals surface area contributed by atoms with Gasteiger partial charge in [0.1, 0.15) is 0 Å². The Bertz CT molecular complexity index is 634. The number of hydrogen-bond donors (Lipinski definition) is 2. The third-order valence-corrected chi connectivity index (χ3v) is 3.35. The molecule has 2 aromatic rings. The molecular formula is C17H20N2O2. The van der Waals surface area contributed by atoms with Crippen LogP contribution in [0.15, 0.2) is 42.5 Å². The van der Waals surface area contributed by atoms with Crippen LogP contribution in [0.1, 0.15) is 35.7 Å². The molecule has 0 saturated heterocycles. The number of hydrogen-bond acceptors (Lipinski definition) is 4. The molecular weight excluding hydrogens is 264 g/mol. The normalized spacial score (nSPS) is 10.5. The molecule has 0 heterocycles. The lowest BCUT2D eigenvalue weighted by molar-refractivity contribution is 0.0602. The van der Waals surface area contributed by atoms with Crippen LogP contribution >= 0.6 is 0 Å². The number of carbonyl (C=O) groups is 1. The maximum atomic E-state index is 11.8. The largest absolute Gasteiger partial charge is 0.465 e. The third-order valence-electron chi connectivity index (χ3n) is 3.35. The number of esters is 1. The van der Waals surface area contributed by atoms with Gasteiger partial charge in [0.25, 0.3) is 0 Å². The average Bonchev–Trinajstić information content (AvgIpc) is 2.49. The highest BCUT2D eigenvalue weighted by Crippen LogP contribution is 2.28. The van der Waals surface area contributed by atoms with Crippen LogP contribution in [0.5, 0.6) is 0 Å². The van der Waals surface area contributed by atoms with E-state index in [0.29, 0.717) is 22.9 Å². The first-order chi connectivity index (χ1) is 10.0. The van der Waals surface area contributed by atoms with E-state index in [9.17, 15) is 4.79 Å². The number of para-hydroxylation sites is 1. The highest BCUT2D eigenvalue weighted by atomic mass is 16.5. The van der Waals surface area contributed by atoms with E-state index in [1.54, 1.807) is 18.2 Å². The molecule has 0 aliphatic carbocycles. The molecule has 4 nitrogen and oxygen atoms in total. The molecule has 0 spiro atoms. The van der Waals surface area contributed by atoms with Gasteiger partial charge in [0, 0.05) is 5.69 Å². The molecule has 4 heteroatoms. The Morgan fingerprint density at radius 3 is 2.38 bits per heavy atom. The predicted octanol–water partition coefficient (Wildman–Crippen LogP) is 3.92. The summed E-state index contributed by atoms with van der Waals surface area (Å²) in [4.78, 5) is 11.8. The fourth-order valence-corrected chi connectivity index (χ4v) is 2.09. The average molecular weight is 284 g/mol. The van der Waals surface area contributed by atoms with Crippen molar-refractivity contribution in [1.29, 1.82) is 0 Å². The number of methoxy groups -OCH3 is 1. The molecule has 0 atom stereocenters. The Hall–Kier alpha value is -2.49. The molecule has 0 aliphatic heterocycles. The van der Waals surface area contributed by atoms with Gasteiger partial charge in [-0.2, -0.15) is 0 Å². The van der Waals surface area contributed by atoms with Crippen LogP contribution in [0.4, 0.5) is 17.1 Å². The quantitative estimate of drug-likeness (QED) is 0.659. The van der Waals surface area contributed by atoms with Crippen LogP contribution in [0, 0.1) is 0 Å². The van der Waals surface area contributed by atoms with Gasteiger partial charge >= 0.3 is 5.97 Å². The van der Waals surface area contributed by atoms with Gasteiger partial charge in [-0.15, -0.1) is 0 Å². The van der Waals surface area contributed by atoms with Crippen LogP contribution in [0.2, 0.25) is 0 Å². The summed E-state index contributed by atoms with van der Waals surface area (Å²) >= 11 is 0. The number of nitrogens with two attached hydrogens (primary N) is 1. The molecule has 0 bridgehead atoms. The highest BCUT2D eigenvalue weighted by Gasteiger charge is 2.14. The molecule has 21 heavy (non-hydrogen) atoms. The molecule has 0 aromatic heterocycles. The van der Waals surface area contributed by atoms with Crippen molar-refractivity contribution >= 4 is 23.0 Å². The summed E-state index contributed by atoms with van der Waals surface area (Å²) in [5.74, 6) is 0.0649. The first-order valence-electron chi connectivity index (χ1n) is 6.86. The molecule has 0 radical (unpaired) electrons. The minimum Gasteiger partial charge on any atom is -0.465 e. The second-order valence-corrected chi connectivity index (χ2v) is 5.16. The Morgan fingerprint density at radius 1 is 1.14 bits per heavy atom. The second-order valence-electron chi connectivity index (χ2n) is 5.16. The van der Waals surface area contributed by atoms with Gasteiger partial charge in [0.2, 0.25) is 0 Å². The number of carbonyl (C=O) groups excluding carboxylic acids is 1. The predicted molar refractivity (Wildman–Crippen MR) is 86.0 cm³/mol. The Labute approximate surface area is 124 Å². The number of rotatable bonds is 4. The molecule has 0 saturated carbocycles. The van der Waals surface area contributed by atoms with Crippen LogP contribution in [-0.2, 0) is 4.74 Å². The van der Waals surface area contributed by atoms with E-state index in [2.05, 4.69) is 31.3 Å². The van der Waals surface area contributed by atoms with Gasteiger partial charge in [-0.1, -0.05) is 32.0 Å². The Balaban J connectivity index is 2.32. The first-order valence-corrected chi connectivity index (χ1v) is 6.86. The number of benzene rings is 2. The molecule has 2 rings (SSSR count). The van der Waals surface area contributed by atoms with E-state index >= 15 is 0 Å². The molecule has 0 unspecified atom stereocenters. The number of nitrogens with one attached hydrogen (secondary N) is 1. The summed E-state index contributed by atoms with van der Waals surface area (Å²) in [7, 11) is 1.35. The zero-order chi connectivity index (χ0) is 15.4. The van der Waals surface area contributed by atoms with Crippen LogP contribution in [0.3, 0.4) is 0 Å². The van der Waals surface area contributed by atoms with Crippen molar-refractivity contribution in [1.82, 2.24) is 0 Å². The van der Waals surface area contributed by atoms with Crippen molar-refractivity contribution < 1.29 is 9.53 Å². The van der Waals surface area contributed by atoms with E-state index < -0.39 is 5.97 Å². The van der Waals surface area contributed by atoms with Crippen molar-refractivity contribution in [2.24, 2.45) is 0 Å². The summed E-state index contributed by atoms with van der Waals surface area (Å²) in [6.07, 6.45) is 0. The summed E-state index contributed by atoms with van der Waals surface area (Å²) in [6.45, 7) is 4.29. The van der Waals surface area contributed by atoms with Crippen molar-refractivity contribution in [3.05, 3.63) is 53.6 Å². The SMILES string of the molecule is COC(=O)c1cccc(N)c1Nc1ccc(C(C)C)cc1. The van der Waals surface area contributed by atoms with Crippen LogP contribution in [-0.4, -0.2) is 13.1 Å². The zero-order valence-corrected chi connectivity index (χ0v) is 12.5. The lowest BCUT2D eigenvalue weighted by Gasteiger charge is -2.14. The van der Waals surface area contributed by atoms with Crippen molar-refractivity contribution in [2.45, 2.75) is 19.8 Å². The smallest absolute Gasteiger partial charge is 0.340 e. The molecule has 0 amide bonds. The number of nitrogen functional groups attached to an aromatic ring is 1. The summed E-state index contributed by atoms with van der Waals surface area (Å²) in [5.41, 5.74) is 9.60. The van der Waals surface area contributed by atoms with Gasteiger partial charge in [-0.3, -0.25) is 0 Å². The summed E-state index contributed by atoms with van der Waals surface area (Å²) in [6, 6.07) is 13.2. The first kappa shape index (κ1) is 14.9. The molecule has 110 valence electrons. The standard InChI is InChI=1S/C17H20N2O2/c1-11(2)12-7-9-13(10-8-12)19-16-14(17(20)21-3)5-4-6-15(16)18/h4-11,19H,18H2,1-3H3. The van der Waals surface area contributed by atoms with Gasteiger partial charge < -0.3 is 15.8 Å². The monoisotopic (exact) mass is 284 g/mol. The van der Waals surface area contributed by atoms with E-state index in [0.717, 1.165) is 5.69 Å². The number of ether oxygens (including phenoxy) is 1. The maximum Gasteiger partial charge on any atom is 0.340 e. The lowest BCUT2D eigenvalue weighted by atomic mass is 10.0. The van der Waals surface area contributed by atoms with Gasteiger partial charge in [0.05, 0.1) is 24.0 Å².